The summed E-state index contributed by atoms with van der Waals surface area (Å²) in [6.07, 6.45) is -1.72. The van der Waals surface area contributed by atoms with Crippen LogP contribution in [0, 0.1) is 5.92 Å². The summed E-state index contributed by atoms with van der Waals surface area (Å²) in [7, 11) is 2.61. The molecule has 5 aromatic rings. The Hall–Kier alpha value is -7.32. The number of ether oxygens (including phenoxy) is 3. The van der Waals surface area contributed by atoms with Gasteiger partial charge in [-0.25, -0.2) is 9.86 Å². The Morgan fingerprint density at radius 3 is 1.54 bits per heavy atom. The molecular formula is C53H58N4O10. The van der Waals surface area contributed by atoms with Gasteiger partial charge in [0.05, 0.1) is 20.0 Å². The van der Waals surface area contributed by atoms with Gasteiger partial charge in [-0.15, -0.1) is 0 Å². The molecule has 0 bridgehead atoms. The Bertz CT molecular complexity index is 2400. The van der Waals surface area contributed by atoms with Crippen LogP contribution in [0.4, 0.5) is 4.79 Å². The van der Waals surface area contributed by atoms with Crippen LogP contribution in [0.5, 0.6) is 0 Å². The van der Waals surface area contributed by atoms with E-state index in [-0.39, 0.29) is 44.6 Å². The van der Waals surface area contributed by atoms with Crippen molar-refractivity contribution in [3.63, 3.8) is 0 Å². The summed E-state index contributed by atoms with van der Waals surface area (Å²) >= 11 is 0. The van der Waals surface area contributed by atoms with E-state index in [1.807, 2.05) is 80.6 Å². The minimum Gasteiger partial charge on any atom is -0.461 e. The van der Waals surface area contributed by atoms with Gasteiger partial charge in [0, 0.05) is 25.9 Å². The van der Waals surface area contributed by atoms with Gasteiger partial charge in [0.2, 0.25) is 11.8 Å². The van der Waals surface area contributed by atoms with Crippen molar-refractivity contribution in [2.24, 2.45) is 5.92 Å². The Labute approximate surface area is 391 Å². The fraction of sp³-hybridized carbons (Fsp3) is 0.321. The van der Waals surface area contributed by atoms with E-state index in [1.165, 1.54) is 19.1 Å². The molecule has 0 saturated heterocycles. The third-order valence-corrected chi connectivity index (χ3v) is 11.5. The molecule has 1 aliphatic carbocycles. The van der Waals surface area contributed by atoms with Crippen molar-refractivity contribution in [1.29, 1.82) is 0 Å². The summed E-state index contributed by atoms with van der Waals surface area (Å²) in [4.78, 5) is 91.0. The Balaban J connectivity index is 1.29. The Morgan fingerprint density at radius 2 is 1.04 bits per heavy atom. The Morgan fingerprint density at radius 1 is 0.582 bits per heavy atom. The first-order valence-electron chi connectivity index (χ1n) is 22.4. The average Bonchev–Trinajstić information content (AvgIpc) is 3.67. The lowest BCUT2D eigenvalue weighted by atomic mass is 9.98. The summed E-state index contributed by atoms with van der Waals surface area (Å²) in [6.45, 7) is 3.72. The van der Waals surface area contributed by atoms with Crippen LogP contribution in [0.25, 0.3) is 11.1 Å². The van der Waals surface area contributed by atoms with Crippen LogP contribution in [0.2, 0.25) is 0 Å². The maximum absolute atomic E-state index is 15.2. The van der Waals surface area contributed by atoms with Crippen molar-refractivity contribution in [3.8, 4) is 11.1 Å². The molecule has 350 valence electrons. The number of nitrogens with zero attached hydrogens (tertiary/aromatic N) is 2. The van der Waals surface area contributed by atoms with Crippen LogP contribution in [0.15, 0.2) is 140 Å². The molecule has 6 rings (SSSR count). The van der Waals surface area contributed by atoms with Crippen LogP contribution in [0.3, 0.4) is 0 Å². The number of likely N-dealkylation sites (N-methyl/N-ethyl adjacent to an activating group) is 1. The maximum Gasteiger partial charge on any atom is 0.407 e. The van der Waals surface area contributed by atoms with Crippen LogP contribution in [-0.4, -0.2) is 91.2 Å². The summed E-state index contributed by atoms with van der Waals surface area (Å²) in [5, 5.41) is 6.27. The predicted molar refractivity (Wildman–Crippen MR) is 251 cm³/mol. The number of esters is 2. The molecule has 5 aromatic carbocycles. The molecule has 14 heteroatoms. The fourth-order valence-corrected chi connectivity index (χ4v) is 7.89. The molecule has 1 unspecified atom stereocenters. The van der Waals surface area contributed by atoms with Gasteiger partial charge in [-0.05, 0) is 51.3 Å². The molecule has 0 aliphatic heterocycles. The number of rotatable bonds is 22. The van der Waals surface area contributed by atoms with Gasteiger partial charge in [0.1, 0.15) is 37.9 Å². The lowest BCUT2D eigenvalue weighted by Gasteiger charge is -2.35. The van der Waals surface area contributed by atoms with Crippen molar-refractivity contribution < 1.29 is 47.8 Å². The topological polar surface area (TPSA) is 170 Å². The summed E-state index contributed by atoms with van der Waals surface area (Å²) in [5.41, 5.74) is 6.16. The molecule has 4 amide bonds. The van der Waals surface area contributed by atoms with Crippen LogP contribution in [0.1, 0.15) is 66.8 Å². The van der Waals surface area contributed by atoms with Crippen LogP contribution >= 0.6 is 0 Å². The van der Waals surface area contributed by atoms with Crippen LogP contribution < -0.4 is 10.6 Å². The van der Waals surface area contributed by atoms with Gasteiger partial charge in [0.15, 0.2) is 0 Å². The maximum atomic E-state index is 15.2. The van der Waals surface area contributed by atoms with E-state index in [2.05, 4.69) is 10.6 Å². The minimum atomic E-state index is -1.55. The molecule has 2 N–H and O–H groups in total. The number of benzene rings is 5. The number of hydroxylamine groups is 2. The van der Waals surface area contributed by atoms with Crippen molar-refractivity contribution >= 4 is 35.8 Å². The van der Waals surface area contributed by atoms with Crippen LogP contribution in [-0.2, 0) is 62.7 Å². The highest BCUT2D eigenvalue weighted by atomic mass is 16.7. The van der Waals surface area contributed by atoms with Gasteiger partial charge in [0.25, 0.3) is 5.91 Å². The summed E-state index contributed by atoms with van der Waals surface area (Å²) in [5.74, 6) is -4.07. The third kappa shape index (κ3) is 13.8. The molecule has 67 heavy (non-hydrogen) atoms. The van der Waals surface area contributed by atoms with E-state index in [0.717, 1.165) is 32.9 Å². The van der Waals surface area contributed by atoms with Gasteiger partial charge in [-0.3, -0.25) is 28.8 Å². The molecule has 1 aliphatic rings. The normalized spacial score (nSPS) is 13.0. The van der Waals surface area contributed by atoms with Crippen molar-refractivity contribution in [2.45, 2.75) is 76.8 Å². The lowest BCUT2D eigenvalue weighted by molar-refractivity contribution is -0.173. The zero-order valence-corrected chi connectivity index (χ0v) is 38.3. The summed E-state index contributed by atoms with van der Waals surface area (Å²) < 4.78 is 17.0. The van der Waals surface area contributed by atoms with E-state index in [1.54, 1.807) is 72.8 Å². The SMILES string of the molecule is CON(C)C(=O)[C@H](CC(=O)OCc1ccccc1)NC(=O)C(Cc1ccccc1)N(CCC(C)C)C(=O)[C@H](CC(=O)OCc1ccccc1)NC(=O)OCC1c2ccccc2-c2ccccc21. The highest BCUT2D eigenvalue weighted by Gasteiger charge is 2.39. The third-order valence-electron chi connectivity index (χ3n) is 11.5. The zero-order valence-electron chi connectivity index (χ0n) is 38.3. The zero-order chi connectivity index (χ0) is 47.7. The second-order valence-corrected chi connectivity index (χ2v) is 16.7. The average molecular weight is 911 g/mol. The van der Waals surface area contributed by atoms with Crippen molar-refractivity contribution in [3.05, 3.63) is 167 Å². The van der Waals surface area contributed by atoms with E-state index in [0.29, 0.717) is 17.5 Å². The number of hydrogen-bond donors (Lipinski definition) is 2. The molecule has 14 nitrogen and oxygen atoms in total. The summed E-state index contributed by atoms with van der Waals surface area (Å²) in [6, 6.07) is 38.4. The largest absolute Gasteiger partial charge is 0.461 e. The van der Waals surface area contributed by atoms with E-state index in [4.69, 9.17) is 19.0 Å². The molecule has 0 aromatic heterocycles. The molecule has 0 radical (unpaired) electrons. The minimum absolute atomic E-state index is 0.0130. The number of amides is 4. The van der Waals surface area contributed by atoms with E-state index >= 15 is 4.79 Å². The van der Waals surface area contributed by atoms with Gasteiger partial charge in [-0.2, -0.15) is 0 Å². The standard InChI is InChI=1S/C53H58N4O10/c1-36(2)28-29-57(47(30-37-18-8-5-9-19-37)50(60)54-45(51(61)56(3)64-4)31-48(58)65-33-38-20-10-6-11-21-38)52(62)46(32-49(59)66-34-39-22-12-7-13-23-39)55-53(63)67-35-44-42-26-16-14-24-40(42)41-25-15-17-27-43(41)44/h5-27,36,44-47H,28-35H2,1-4H3,(H,54,60)(H,55,63)/t45-,46-,47?/m0/s1. The number of carbonyl (C=O) groups excluding carboxylic acids is 6. The second-order valence-electron chi connectivity index (χ2n) is 16.7. The number of alkyl carbamates (subject to hydrolysis) is 1. The fourth-order valence-electron chi connectivity index (χ4n) is 7.89. The molecule has 0 heterocycles. The molecule has 0 fully saturated rings. The first-order chi connectivity index (χ1) is 32.4. The quantitative estimate of drug-likeness (QED) is 0.0413. The van der Waals surface area contributed by atoms with Gasteiger partial charge in [-0.1, -0.05) is 153 Å². The second kappa shape index (κ2) is 24.3. The van der Waals surface area contributed by atoms with Crippen molar-refractivity contribution in [2.75, 3.05) is 27.3 Å². The first-order valence-corrected chi connectivity index (χ1v) is 22.4. The van der Waals surface area contributed by atoms with Crippen molar-refractivity contribution in [1.82, 2.24) is 20.6 Å². The predicted octanol–water partition coefficient (Wildman–Crippen LogP) is 7.15. The Kier molecular flexibility index (Phi) is 17.8. The van der Waals surface area contributed by atoms with Gasteiger partial charge >= 0.3 is 18.0 Å². The number of carbonyl (C=O) groups is 6. The molecular weight excluding hydrogens is 853 g/mol. The molecule has 3 atom stereocenters. The lowest BCUT2D eigenvalue weighted by Crippen LogP contribution is -2.59. The number of hydrogen-bond acceptors (Lipinski definition) is 10. The number of fused-ring (bicyclic) bond motifs is 3. The molecule has 0 saturated carbocycles. The smallest absolute Gasteiger partial charge is 0.407 e. The van der Waals surface area contributed by atoms with Gasteiger partial charge < -0.3 is 29.7 Å². The number of nitrogens with one attached hydrogen (secondary N) is 2. The highest BCUT2D eigenvalue weighted by Crippen LogP contribution is 2.44. The molecule has 0 spiro atoms. The first kappa shape index (κ1) is 49.1. The van der Waals surface area contributed by atoms with E-state index < -0.39 is 66.7 Å². The monoisotopic (exact) mass is 910 g/mol. The highest BCUT2D eigenvalue weighted by molar-refractivity contribution is 5.96. The van der Waals surface area contributed by atoms with E-state index in [9.17, 15) is 24.0 Å².